The number of allylic oxidation sites excluding steroid dienone is 5. The van der Waals surface area contributed by atoms with Gasteiger partial charge in [-0.15, -0.1) is 0 Å². The Morgan fingerprint density at radius 3 is 1.58 bits per heavy atom. The van der Waals surface area contributed by atoms with Crippen molar-refractivity contribution in [1.82, 2.24) is 5.32 Å². The van der Waals surface area contributed by atoms with Crippen LogP contribution in [0.1, 0.15) is 206 Å². The SMILES string of the molecule is CCCC/C=C\C/C=C\CCCCCCCC(=O)OCCCCCCCCCCCCC(=O)NC(CO)C(O)/C=C/CCCCCCCCC. The van der Waals surface area contributed by atoms with Gasteiger partial charge in [-0.05, 0) is 57.8 Å². The molecule has 2 unspecified atom stereocenters. The maximum Gasteiger partial charge on any atom is 0.305 e. The predicted molar refractivity (Wildman–Crippen MR) is 213 cm³/mol. The monoisotopic (exact) mass is 704 g/mol. The van der Waals surface area contributed by atoms with Crippen molar-refractivity contribution in [3.63, 3.8) is 0 Å². The normalized spacial score (nSPS) is 13.1. The van der Waals surface area contributed by atoms with Crippen molar-refractivity contribution in [2.24, 2.45) is 0 Å². The molecule has 0 aliphatic heterocycles. The number of carbonyl (C=O) groups is 2. The second-order valence-electron chi connectivity index (χ2n) is 14.3. The summed E-state index contributed by atoms with van der Waals surface area (Å²) in [5.74, 6) is -0.134. The molecule has 0 spiro atoms. The third-order valence-electron chi connectivity index (χ3n) is 9.41. The van der Waals surface area contributed by atoms with Gasteiger partial charge >= 0.3 is 5.97 Å². The van der Waals surface area contributed by atoms with Gasteiger partial charge in [-0.3, -0.25) is 9.59 Å². The zero-order valence-electron chi connectivity index (χ0n) is 32.9. The smallest absolute Gasteiger partial charge is 0.305 e. The van der Waals surface area contributed by atoms with Gasteiger partial charge in [0.05, 0.1) is 25.4 Å². The molecule has 0 heterocycles. The fourth-order valence-electron chi connectivity index (χ4n) is 6.06. The minimum atomic E-state index is -0.857. The van der Waals surface area contributed by atoms with Crippen LogP contribution in [0, 0.1) is 0 Å². The molecule has 0 rings (SSSR count). The summed E-state index contributed by atoms with van der Waals surface area (Å²) >= 11 is 0. The molecule has 6 nitrogen and oxygen atoms in total. The van der Waals surface area contributed by atoms with Crippen LogP contribution in [-0.4, -0.2) is 47.4 Å². The number of aliphatic hydroxyl groups excluding tert-OH is 2. The molecule has 2 atom stereocenters. The molecule has 0 saturated carbocycles. The van der Waals surface area contributed by atoms with Gasteiger partial charge < -0.3 is 20.3 Å². The van der Waals surface area contributed by atoms with Gasteiger partial charge in [-0.25, -0.2) is 0 Å². The molecular formula is C44H81NO5. The zero-order chi connectivity index (χ0) is 36.6. The minimum absolute atomic E-state index is 0.0373. The minimum Gasteiger partial charge on any atom is -0.466 e. The maximum absolute atomic E-state index is 12.3. The molecule has 6 heteroatoms. The first-order valence-corrected chi connectivity index (χ1v) is 21.3. The highest BCUT2D eigenvalue weighted by molar-refractivity contribution is 5.76. The summed E-state index contributed by atoms with van der Waals surface area (Å²) in [7, 11) is 0. The first-order chi connectivity index (χ1) is 24.5. The molecule has 50 heavy (non-hydrogen) atoms. The largest absolute Gasteiger partial charge is 0.466 e. The molecule has 1 amide bonds. The Morgan fingerprint density at radius 1 is 0.560 bits per heavy atom. The third-order valence-corrected chi connectivity index (χ3v) is 9.41. The molecular weight excluding hydrogens is 622 g/mol. The fraction of sp³-hybridized carbons (Fsp3) is 0.818. The van der Waals surface area contributed by atoms with Gasteiger partial charge in [-0.2, -0.15) is 0 Å². The number of nitrogens with one attached hydrogen (secondary N) is 1. The van der Waals surface area contributed by atoms with Crippen LogP contribution in [0.25, 0.3) is 0 Å². The van der Waals surface area contributed by atoms with Crippen molar-refractivity contribution in [3.8, 4) is 0 Å². The lowest BCUT2D eigenvalue weighted by Gasteiger charge is -2.20. The summed E-state index contributed by atoms with van der Waals surface area (Å²) < 4.78 is 5.42. The molecule has 292 valence electrons. The Bertz CT molecular complexity index is 823. The van der Waals surface area contributed by atoms with Gasteiger partial charge in [0.1, 0.15) is 0 Å². The van der Waals surface area contributed by atoms with E-state index in [1.807, 2.05) is 6.08 Å². The standard InChI is InChI=1S/C44H81NO5/c1-3-5-7-9-11-13-14-15-16-17-22-26-30-34-38-44(49)50-39-35-31-27-23-19-18-21-25-29-33-37-43(48)45-41(40-46)42(47)36-32-28-24-20-12-10-8-6-4-2/h9,11,14-15,32,36,41-42,46-47H,3-8,10,12-13,16-31,33-35,37-40H2,1-2H3,(H,45,48)/b11-9-,15-14-,36-32+. The van der Waals surface area contributed by atoms with E-state index in [4.69, 9.17) is 4.74 Å². The van der Waals surface area contributed by atoms with E-state index in [1.165, 1.54) is 109 Å². The van der Waals surface area contributed by atoms with Crippen LogP contribution in [-0.2, 0) is 14.3 Å². The number of hydrogen-bond acceptors (Lipinski definition) is 5. The second-order valence-corrected chi connectivity index (χ2v) is 14.3. The van der Waals surface area contributed by atoms with E-state index >= 15 is 0 Å². The van der Waals surface area contributed by atoms with E-state index in [-0.39, 0.29) is 18.5 Å². The molecule has 0 aliphatic carbocycles. The van der Waals surface area contributed by atoms with Gasteiger partial charge in [0.2, 0.25) is 5.91 Å². The number of amides is 1. The van der Waals surface area contributed by atoms with Crippen molar-refractivity contribution >= 4 is 11.9 Å². The summed E-state index contributed by atoms with van der Waals surface area (Å²) in [5.41, 5.74) is 0. The van der Waals surface area contributed by atoms with Crippen molar-refractivity contribution < 1.29 is 24.5 Å². The van der Waals surface area contributed by atoms with E-state index in [0.717, 1.165) is 70.6 Å². The summed E-state index contributed by atoms with van der Waals surface area (Å²) in [4.78, 5) is 24.3. The Hall–Kier alpha value is -1.92. The molecule has 0 aliphatic rings. The van der Waals surface area contributed by atoms with Crippen LogP contribution in [0.3, 0.4) is 0 Å². The maximum atomic E-state index is 12.3. The molecule has 0 saturated heterocycles. The fourth-order valence-corrected chi connectivity index (χ4v) is 6.06. The number of carbonyl (C=O) groups excluding carboxylic acids is 2. The number of unbranched alkanes of at least 4 members (excludes halogenated alkanes) is 23. The summed E-state index contributed by atoms with van der Waals surface area (Å²) in [6.07, 6.45) is 45.5. The summed E-state index contributed by atoms with van der Waals surface area (Å²) in [6.45, 7) is 4.75. The van der Waals surface area contributed by atoms with Crippen LogP contribution in [0.5, 0.6) is 0 Å². The van der Waals surface area contributed by atoms with E-state index in [0.29, 0.717) is 19.4 Å². The highest BCUT2D eigenvalue weighted by atomic mass is 16.5. The zero-order valence-corrected chi connectivity index (χ0v) is 32.9. The Kier molecular flexibility index (Phi) is 38.3. The number of rotatable bonds is 38. The molecule has 0 radical (unpaired) electrons. The molecule has 0 aromatic heterocycles. The molecule has 0 aromatic rings. The predicted octanol–water partition coefficient (Wildman–Crippen LogP) is 11.8. The molecule has 3 N–H and O–H groups in total. The molecule has 0 fully saturated rings. The van der Waals surface area contributed by atoms with E-state index in [1.54, 1.807) is 6.08 Å². The van der Waals surface area contributed by atoms with Gasteiger partial charge in [0.25, 0.3) is 0 Å². The number of esters is 1. The number of ether oxygens (including phenoxy) is 1. The highest BCUT2D eigenvalue weighted by Gasteiger charge is 2.18. The van der Waals surface area contributed by atoms with Crippen LogP contribution in [0.2, 0.25) is 0 Å². The highest BCUT2D eigenvalue weighted by Crippen LogP contribution is 2.13. The number of aliphatic hydroxyl groups is 2. The van der Waals surface area contributed by atoms with Crippen LogP contribution in [0.4, 0.5) is 0 Å². The lowest BCUT2D eigenvalue weighted by atomic mass is 10.1. The van der Waals surface area contributed by atoms with Gasteiger partial charge in [-0.1, -0.05) is 172 Å². The first kappa shape index (κ1) is 48.1. The van der Waals surface area contributed by atoms with Crippen molar-refractivity contribution in [3.05, 3.63) is 36.5 Å². The Labute approximate surface area is 309 Å². The summed E-state index contributed by atoms with van der Waals surface area (Å²) in [6, 6.07) is -0.643. The van der Waals surface area contributed by atoms with Crippen LogP contribution < -0.4 is 5.32 Å². The second kappa shape index (κ2) is 39.9. The lowest BCUT2D eigenvalue weighted by molar-refractivity contribution is -0.143. The molecule has 0 aromatic carbocycles. The van der Waals surface area contributed by atoms with Gasteiger partial charge in [0, 0.05) is 12.8 Å². The van der Waals surface area contributed by atoms with E-state index in [2.05, 4.69) is 43.5 Å². The van der Waals surface area contributed by atoms with Crippen LogP contribution in [0.15, 0.2) is 36.5 Å². The first-order valence-electron chi connectivity index (χ1n) is 21.3. The molecule has 0 bridgehead atoms. The van der Waals surface area contributed by atoms with Crippen molar-refractivity contribution in [1.29, 1.82) is 0 Å². The van der Waals surface area contributed by atoms with Crippen molar-refractivity contribution in [2.75, 3.05) is 13.2 Å². The quantitative estimate of drug-likeness (QED) is 0.0338. The topological polar surface area (TPSA) is 95.9 Å². The summed E-state index contributed by atoms with van der Waals surface area (Å²) in [5, 5.41) is 22.8. The van der Waals surface area contributed by atoms with Crippen LogP contribution >= 0.6 is 0 Å². The third kappa shape index (κ3) is 35.9. The van der Waals surface area contributed by atoms with E-state index < -0.39 is 12.1 Å². The average Bonchev–Trinajstić information content (AvgIpc) is 3.11. The average molecular weight is 704 g/mol. The Balaban J connectivity index is 3.53. The van der Waals surface area contributed by atoms with Crippen molar-refractivity contribution in [2.45, 2.75) is 219 Å². The van der Waals surface area contributed by atoms with E-state index in [9.17, 15) is 19.8 Å². The number of hydrogen-bond donors (Lipinski definition) is 3. The lowest BCUT2D eigenvalue weighted by Crippen LogP contribution is -2.45. The Morgan fingerprint density at radius 2 is 1.02 bits per heavy atom. The van der Waals surface area contributed by atoms with Gasteiger partial charge in [0.15, 0.2) is 0 Å².